The summed E-state index contributed by atoms with van der Waals surface area (Å²) in [4.78, 5) is 20.3. The van der Waals surface area contributed by atoms with Gasteiger partial charge >= 0.3 is 0 Å². The molecule has 0 bridgehead atoms. The number of para-hydroxylation sites is 1. The zero-order valence-electron chi connectivity index (χ0n) is 20.5. The van der Waals surface area contributed by atoms with Gasteiger partial charge in [0.15, 0.2) is 11.5 Å². The van der Waals surface area contributed by atoms with Crippen molar-refractivity contribution >= 4 is 11.6 Å². The van der Waals surface area contributed by atoms with Crippen molar-refractivity contribution in [3.63, 3.8) is 0 Å². The highest BCUT2D eigenvalue weighted by Crippen LogP contribution is 2.60. The molecule has 6 nitrogen and oxygen atoms in total. The molecule has 34 heavy (non-hydrogen) atoms. The molecule has 2 heterocycles. The van der Waals surface area contributed by atoms with Crippen molar-refractivity contribution < 1.29 is 14.3 Å². The third kappa shape index (κ3) is 4.74. The average Bonchev–Trinajstić information content (AvgIpc) is 3.59. The molecular formula is C28H37N3O3. The number of likely N-dealkylation sites (tertiary alicyclic amines) is 1. The summed E-state index contributed by atoms with van der Waals surface area (Å²) < 4.78 is 11.2. The van der Waals surface area contributed by atoms with Crippen molar-refractivity contribution in [1.82, 2.24) is 9.80 Å². The molecule has 1 saturated carbocycles. The van der Waals surface area contributed by atoms with Crippen LogP contribution in [0.5, 0.6) is 11.5 Å². The molecule has 2 aromatic carbocycles. The molecule has 2 saturated heterocycles. The van der Waals surface area contributed by atoms with Crippen molar-refractivity contribution in [3.05, 3.63) is 54.1 Å². The fourth-order valence-corrected chi connectivity index (χ4v) is 5.80. The van der Waals surface area contributed by atoms with Gasteiger partial charge in [0, 0.05) is 44.3 Å². The maximum Gasteiger partial charge on any atom is 0.226 e. The van der Waals surface area contributed by atoms with E-state index in [9.17, 15) is 4.79 Å². The molecule has 2 aromatic rings. The maximum atomic E-state index is 13.3. The Hall–Kier alpha value is -2.73. The number of rotatable bonds is 7. The predicted octanol–water partition coefficient (Wildman–Crippen LogP) is 4.04. The lowest BCUT2D eigenvalue weighted by Crippen LogP contribution is -2.50. The van der Waals surface area contributed by atoms with E-state index < -0.39 is 0 Å². The molecule has 1 aliphatic carbocycles. The first-order chi connectivity index (χ1) is 16.6. The summed E-state index contributed by atoms with van der Waals surface area (Å²) in [5, 5.41) is 0. The van der Waals surface area contributed by atoms with E-state index in [2.05, 4.69) is 57.2 Å². The Bertz CT molecular complexity index is 980. The van der Waals surface area contributed by atoms with E-state index in [1.54, 1.807) is 7.11 Å². The Morgan fingerprint density at radius 3 is 2.38 bits per heavy atom. The molecule has 182 valence electrons. The quantitative estimate of drug-likeness (QED) is 0.620. The third-order valence-corrected chi connectivity index (χ3v) is 7.99. The van der Waals surface area contributed by atoms with Crippen LogP contribution in [0.15, 0.2) is 48.5 Å². The largest absolute Gasteiger partial charge is 0.493 e. The van der Waals surface area contributed by atoms with Crippen LogP contribution in [-0.4, -0.2) is 68.7 Å². The molecule has 0 aromatic heterocycles. The summed E-state index contributed by atoms with van der Waals surface area (Å²) in [7, 11) is 1.68. The Morgan fingerprint density at radius 2 is 1.71 bits per heavy atom. The predicted molar refractivity (Wildman–Crippen MR) is 134 cm³/mol. The first-order valence-electron chi connectivity index (χ1n) is 12.7. The number of amides is 1. The minimum Gasteiger partial charge on any atom is -0.493 e. The second-order valence-corrected chi connectivity index (χ2v) is 9.96. The minimum atomic E-state index is 0.239. The lowest BCUT2D eigenvalue weighted by atomic mass is 9.90. The van der Waals surface area contributed by atoms with Gasteiger partial charge in [-0.15, -0.1) is 0 Å². The van der Waals surface area contributed by atoms with Crippen LogP contribution in [0.2, 0.25) is 0 Å². The van der Waals surface area contributed by atoms with Gasteiger partial charge in [-0.1, -0.05) is 24.3 Å². The van der Waals surface area contributed by atoms with Gasteiger partial charge in [-0.05, 0) is 74.5 Å². The van der Waals surface area contributed by atoms with Crippen LogP contribution in [0.3, 0.4) is 0 Å². The first kappa shape index (κ1) is 23.0. The van der Waals surface area contributed by atoms with Gasteiger partial charge in [-0.2, -0.15) is 0 Å². The van der Waals surface area contributed by atoms with Crippen molar-refractivity contribution in [3.8, 4) is 11.5 Å². The maximum absolute atomic E-state index is 13.3. The number of carbonyl (C=O) groups excluding carboxylic acids is 1. The standard InChI is InChI=1S/C28H37N3O3/c1-3-34-26-19-22(9-10-25(26)33-2)21-29-13-11-28(12-14-29)20-24(28)27(32)31-17-15-30(16-18-31)23-7-5-4-6-8-23/h4-10,19,24H,3,11-18,20-21H2,1-2H3/t24-/m1/s1. The molecule has 5 rings (SSSR count). The molecular weight excluding hydrogens is 426 g/mol. The van der Waals surface area contributed by atoms with Crippen LogP contribution in [0, 0.1) is 11.3 Å². The van der Waals surface area contributed by atoms with Crippen molar-refractivity contribution in [2.75, 3.05) is 57.9 Å². The van der Waals surface area contributed by atoms with Crippen LogP contribution in [0.1, 0.15) is 31.7 Å². The Balaban J connectivity index is 1.11. The zero-order chi connectivity index (χ0) is 23.5. The molecule has 3 aliphatic rings. The monoisotopic (exact) mass is 463 g/mol. The van der Waals surface area contributed by atoms with Gasteiger partial charge in [0.05, 0.1) is 13.7 Å². The SMILES string of the molecule is CCOc1cc(CN2CCC3(CC2)C[C@@H]3C(=O)N2CCN(c3ccccc3)CC2)ccc1OC. The van der Waals surface area contributed by atoms with Gasteiger partial charge in [0.2, 0.25) is 5.91 Å². The number of hydrogen-bond acceptors (Lipinski definition) is 5. The average molecular weight is 464 g/mol. The molecule has 0 unspecified atom stereocenters. The van der Waals surface area contributed by atoms with E-state index in [0.29, 0.717) is 12.5 Å². The van der Waals surface area contributed by atoms with E-state index in [1.165, 1.54) is 11.3 Å². The first-order valence-corrected chi connectivity index (χ1v) is 12.7. The van der Waals surface area contributed by atoms with E-state index in [1.807, 2.05) is 13.0 Å². The van der Waals surface area contributed by atoms with Crippen molar-refractivity contribution in [1.29, 1.82) is 0 Å². The van der Waals surface area contributed by atoms with Gasteiger partial charge in [0.1, 0.15) is 0 Å². The van der Waals surface area contributed by atoms with Gasteiger partial charge in [0.25, 0.3) is 0 Å². The van der Waals surface area contributed by atoms with Crippen LogP contribution < -0.4 is 14.4 Å². The lowest BCUT2D eigenvalue weighted by Gasteiger charge is -2.37. The van der Waals surface area contributed by atoms with Crippen LogP contribution >= 0.6 is 0 Å². The Kier molecular flexibility index (Phi) is 6.68. The summed E-state index contributed by atoms with van der Waals surface area (Å²) in [6, 6.07) is 16.8. The molecule has 1 atom stereocenters. The summed E-state index contributed by atoms with van der Waals surface area (Å²) in [6.07, 6.45) is 3.33. The van der Waals surface area contributed by atoms with E-state index in [4.69, 9.17) is 9.47 Å². The second-order valence-electron chi connectivity index (χ2n) is 9.96. The molecule has 0 radical (unpaired) electrons. The topological polar surface area (TPSA) is 45.2 Å². The summed E-state index contributed by atoms with van der Waals surface area (Å²) in [5.41, 5.74) is 2.76. The molecule has 1 amide bonds. The number of piperidine rings is 1. The van der Waals surface area contributed by atoms with E-state index in [0.717, 1.165) is 76.6 Å². The zero-order valence-corrected chi connectivity index (χ0v) is 20.5. The van der Waals surface area contributed by atoms with Gasteiger partial charge in [-0.25, -0.2) is 0 Å². The Labute approximate surface area is 203 Å². The number of piperazine rings is 1. The Morgan fingerprint density at radius 1 is 0.971 bits per heavy atom. The molecule has 3 fully saturated rings. The van der Waals surface area contributed by atoms with E-state index in [-0.39, 0.29) is 11.3 Å². The highest BCUT2D eigenvalue weighted by atomic mass is 16.5. The molecule has 2 aliphatic heterocycles. The summed E-state index contributed by atoms with van der Waals surface area (Å²) in [5.74, 6) is 2.24. The van der Waals surface area contributed by atoms with Gasteiger partial charge in [-0.3, -0.25) is 9.69 Å². The number of methoxy groups -OCH3 is 1. The van der Waals surface area contributed by atoms with Gasteiger partial charge < -0.3 is 19.3 Å². The van der Waals surface area contributed by atoms with Crippen LogP contribution in [-0.2, 0) is 11.3 Å². The summed E-state index contributed by atoms with van der Waals surface area (Å²) in [6.45, 7) is 9.18. The smallest absolute Gasteiger partial charge is 0.226 e. The van der Waals surface area contributed by atoms with E-state index >= 15 is 0 Å². The minimum absolute atomic E-state index is 0.239. The molecule has 1 spiro atoms. The number of carbonyl (C=O) groups is 1. The van der Waals surface area contributed by atoms with Crippen LogP contribution in [0.4, 0.5) is 5.69 Å². The number of anilines is 1. The lowest BCUT2D eigenvalue weighted by molar-refractivity contribution is -0.134. The fourth-order valence-electron chi connectivity index (χ4n) is 5.80. The van der Waals surface area contributed by atoms with Crippen LogP contribution in [0.25, 0.3) is 0 Å². The number of benzene rings is 2. The van der Waals surface area contributed by atoms with Crippen molar-refractivity contribution in [2.24, 2.45) is 11.3 Å². The molecule has 6 heteroatoms. The number of hydrogen-bond donors (Lipinski definition) is 0. The van der Waals surface area contributed by atoms with Crippen molar-refractivity contribution in [2.45, 2.75) is 32.7 Å². The highest BCUT2D eigenvalue weighted by Gasteiger charge is 2.59. The third-order valence-electron chi connectivity index (χ3n) is 7.99. The molecule has 0 N–H and O–H groups in total. The number of ether oxygens (including phenoxy) is 2. The second kappa shape index (κ2) is 9.87. The number of nitrogens with zero attached hydrogens (tertiary/aromatic N) is 3. The normalized spacial score (nSPS) is 22.0. The fraction of sp³-hybridized carbons (Fsp3) is 0.536. The summed E-state index contributed by atoms with van der Waals surface area (Å²) >= 11 is 0. The highest BCUT2D eigenvalue weighted by molar-refractivity contribution is 5.83.